The fourth-order valence-corrected chi connectivity index (χ4v) is 3.54. The lowest BCUT2D eigenvalue weighted by molar-refractivity contribution is 0.617. The number of halogens is 2. The molecule has 1 aliphatic rings. The van der Waals surface area contributed by atoms with Crippen molar-refractivity contribution in [2.24, 2.45) is 0 Å². The van der Waals surface area contributed by atoms with Crippen LogP contribution in [0.1, 0.15) is 16.8 Å². The Kier molecular flexibility index (Phi) is 4.55. The summed E-state index contributed by atoms with van der Waals surface area (Å²) in [4.78, 5) is 0. The smallest absolute Gasteiger partial charge is 0.123 e. The first-order valence-corrected chi connectivity index (χ1v) is 8.88. The lowest BCUT2D eigenvalue weighted by Crippen LogP contribution is -2.17. The molecule has 25 heavy (non-hydrogen) atoms. The molecule has 3 nitrogen and oxygen atoms in total. The van der Waals surface area contributed by atoms with Crippen molar-refractivity contribution < 1.29 is 4.39 Å². The Morgan fingerprint density at radius 3 is 2.68 bits per heavy atom. The summed E-state index contributed by atoms with van der Waals surface area (Å²) in [5.41, 5.74) is 5.53. The predicted octanol–water partition coefficient (Wildman–Crippen LogP) is 4.08. The van der Waals surface area contributed by atoms with Crippen molar-refractivity contribution >= 4 is 11.6 Å². The highest BCUT2D eigenvalue weighted by Gasteiger charge is 2.20. The maximum Gasteiger partial charge on any atom is 0.123 e. The van der Waals surface area contributed by atoms with Crippen LogP contribution in [-0.4, -0.2) is 22.9 Å². The molecule has 0 saturated heterocycles. The minimum absolute atomic E-state index is 0.219. The molecule has 1 N–H and O–H groups in total. The molecule has 1 aliphatic heterocycles. The molecule has 0 aliphatic carbocycles. The molecule has 0 bridgehead atoms. The fraction of sp³-hybridized carbons (Fsp3) is 0.250. The lowest BCUT2D eigenvalue weighted by atomic mass is 10.0. The minimum Gasteiger partial charge on any atom is -0.316 e. The highest BCUT2D eigenvalue weighted by Crippen LogP contribution is 2.30. The van der Waals surface area contributed by atoms with Gasteiger partial charge in [-0.25, -0.2) is 4.39 Å². The molecule has 3 aromatic rings. The number of hydrogen-bond donors (Lipinski definition) is 1. The molecule has 0 saturated carbocycles. The van der Waals surface area contributed by atoms with Gasteiger partial charge in [0, 0.05) is 29.1 Å². The van der Waals surface area contributed by atoms with E-state index in [4.69, 9.17) is 16.7 Å². The van der Waals surface area contributed by atoms with Crippen LogP contribution in [0.4, 0.5) is 4.39 Å². The Morgan fingerprint density at radius 1 is 1.08 bits per heavy atom. The molecule has 0 spiro atoms. The highest BCUT2D eigenvalue weighted by molar-refractivity contribution is 6.30. The van der Waals surface area contributed by atoms with E-state index in [9.17, 15) is 4.39 Å². The summed E-state index contributed by atoms with van der Waals surface area (Å²) in [6.07, 6.45) is 1.85. The predicted molar refractivity (Wildman–Crippen MR) is 98.5 cm³/mol. The quantitative estimate of drug-likeness (QED) is 0.767. The van der Waals surface area contributed by atoms with Crippen molar-refractivity contribution in [1.29, 1.82) is 0 Å². The Bertz CT molecular complexity index is 886. The molecule has 5 heteroatoms. The van der Waals surface area contributed by atoms with Crippen molar-refractivity contribution in [3.63, 3.8) is 0 Å². The van der Waals surface area contributed by atoms with Crippen LogP contribution >= 0.6 is 11.6 Å². The molecule has 4 rings (SSSR count). The normalized spacial score (nSPS) is 14.2. The number of nitrogens with zero attached hydrogens (tertiary/aromatic N) is 2. The van der Waals surface area contributed by atoms with Crippen molar-refractivity contribution in [1.82, 2.24) is 15.1 Å². The average molecular weight is 356 g/mol. The highest BCUT2D eigenvalue weighted by atomic mass is 35.5. The number of aromatic nitrogens is 2. The van der Waals surface area contributed by atoms with E-state index in [0.29, 0.717) is 11.6 Å². The maximum absolute atomic E-state index is 13.6. The van der Waals surface area contributed by atoms with Crippen LogP contribution in [0.15, 0.2) is 48.5 Å². The van der Waals surface area contributed by atoms with E-state index in [1.54, 1.807) is 12.1 Å². The summed E-state index contributed by atoms with van der Waals surface area (Å²) < 4.78 is 15.6. The third-order valence-corrected chi connectivity index (χ3v) is 4.82. The van der Waals surface area contributed by atoms with Crippen LogP contribution in [0.3, 0.4) is 0 Å². The summed E-state index contributed by atoms with van der Waals surface area (Å²) >= 11 is 6.06. The zero-order valence-corrected chi connectivity index (χ0v) is 14.6. The first-order chi connectivity index (χ1) is 12.2. The van der Waals surface area contributed by atoms with Gasteiger partial charge < -0.3 is 5.32 Å². The monoisotopic (exact) mass is 355 g/mol. The third-order valence-electron chi connectivity index (χ3n) is 4.56. The van der Waals surface area contributed by atoms with Gasteiger partial charge >= 0.3 is 0 Å². The second-order valence-electron chi connectivity index (χ2n) is 6.32. The standard InChI is InChI=1S/C20H19ClFN3/c21-16-6-4-15(5-7-16)20-18-8-10-23-11-9-19(18)24-25(20)13-14-2-1-3-17(22)12-14/h1-7,12,23H,8-11,13H2. The number of rotatable bonds is 3. The van der Waals surface area contributed by atoms with E-state index in [1.807, 2.05) is 35.0 Å². The fourth-order valence-electron chi connectivity index (χ4n) is 3.41. The van der Waals surface area contributed by atoms with Gasteiger partial charge in [-0.2, -0.15) is 5.10 Å². The van der Waals surface area contributed by atoms with Crippen molar-refractivity contribution in [3.05, 3.63) is 76.2 Å². The number of benzene rings is 2. The van der Waals surface area contributed by atoms with Gasteiger partial charge in [-0.05, 0) is 42.8 Å². The second-order valence-corrected chi connectivity index (χ2v) is 6.75. The van der Waals surface area contributed by atoms with Gasteiger partial charge in [-0.1, -0.05) is 35.9 Å². The van der Waals surface area contributed by atoms with Crippen LogP contribution in [0.2, 0.25) is 5.02 Å². The number of hydrogen-bond acceptors (Lipinski definition) is 2. The van der Waals surface area contributed by atoms with Gasteiger partial charge in [-0.15, -0.1) is 0 Å². The van der Waals surface area contributed by atoms with Gasteiger partial charge in [-0.3, -0.25) is 4.68 Å². The maximum atomic E-state index is 13.6. The van der Waals surface area contributed by atoms with E-state index in [-0.39, 0.29) is 5.82 Å². The van der Waals surface area contributed by atoms with Crippen LogP contribution in [0, 0.1) is 5.82 Å². The third kappa shape index (κ3) is 3.46. The van der Waals surface area contributed by atoms with E-state index in [2.05, 4.69) is 5.32 Å². The molecule has 128 valence electrons. The molecule has 0 fully saturated rings. The van der Waals surface area contributed by atoms with Crippen LogP contribution in [0.5, 0.6) is 0 Å². The van der Waals surface area contributed by atoms with Crippen LogP contribution in [0.25, 0.3) is 11.3 Å². The summed E-state index contributed by atoms with van der Waals surface area (Å²) in [6.45, 7) is 2.43. The van der Waals surface area contributed by atoms with Crippen molar-refractivity contribution in [2.45, 2.75) is 19.4 Å². The molecule has 0 amide bonds. The molecule has 0 unspecified atom stereocenters. The van der Waals surface area contributed by atoms with Crippen LogP contribution < -0.4 is 5.32 Å². The van der Waals surface area contributed by atoms with Gasteiger partial charge in [0.2, 0.25) is 0 Å². The number of fused-ring (bicyclic) bond motifs is 1. The van der Waals surface area contributed by atoms with Gasteiger partial charge in [0.1, 0.15) is 5.82 Å². The SMILES string of the molecule is Fc1cccc(Cn2nc3c(c2-c2ccc(Cl)cc2)CCNCC3)c1. The Balaban J connectivity index is 1.81. The van der Waals surface area contributed by atoms with Crippen molar-refractivity contribution in [3.8, 4) is 11.3 Å². The Hall–Kier alpha value is -2.17. The van der Waals surface area contributed by atoms with Gasteiger partial charge in [0.05, 0.1) is 17.9 Å². The largest absolute Gasteiger partial charge is 0.316 e. The first-order valence-electron chi connectivity index (χ1n) is 8.50. The Morgan fingerprint density at radius 2 is 1.88 bits per heavy atom. The molecule has 1 aromatic heterocycles. The molecular weight excluding hydrogens is 337 g/mol. The summed E-state index contributed by atoms with van der Waals surface area (Å²) in [5.74, 6) is -0.219. The summed E-state index contributed by atoms with van der Waals surface area (Å²) in [7, 11) is 0. The van der Waals surface area contributed by atoms with E-state index >= 15 is 0 Å². The van der Waals surface area contributed by atoms with E-state index in [0.717, 1.165) is 48.4 Å². The van der Waals surface area contributed by atoms with Crippen LogP contribution in [-0.2, 0) is 19.4 Å². The minimum atomic E-state index is -0.219. The summed E-state index contributed by atoms with van der Waals surface area (Å²) in [6, 6.07) is 14.6. The molecule has 2 heterocycles. The van der Waals surface area contributed by atoms with Gasteiger partial charge in [0.25, 0.3) is 0 Å². The van der Waals surface area contributed by atoms with Crippen molar-refractivity contribution in [2.75, 3.05) is 13.1 Å². The Labute approximate surface area is 151 Å². The van der Waals surface area contributed by atoms with Gasteiger partial charge in [0.15, 0.2) is 0 Å². The topological polar surface area (TPSA) is 29.9 Å². The number of nitrogens with one attached hydrogen (secondary N) is 1. The van der Waals surface area contributed by atoms with E-state index in [1.165, 1.54) is 11.6 Å². The molecular formula is C20H19ClFN3. The summed E-state index contributed by atoms with van der Waals surface area (Å²) in [5, 5.41) is 9.00. The molecule has 2 aromatic carbocycles. The molecule has 0 atom stereocenters. The second kappa shape index (κ2) is 6.98. The van der Waals surface area contributed by atoms with E-state index < -0.39 is 0 Å². The zero-order valence-electron chi connectivity index (χ0n) is 13.8. The first kappa shape index (κ1) is 16.3. The lowest BCUT2D eigenvalue weighted by Gasteiger charge is -2.11. The average Bonchev–Trinajstić information content (AvgIpc) is 2.77. The zero-order chi connectivity index (χ0) is 17.2. The molecule has 0 radical (unpaired) electrons.